The van der Waals surface area contributed by atoms with E-state index in [1.54, 1.807) is 6.92 Å². The summed E-state index contributed by atoms with van der Waals surface area (Å²) in [5.74, 6) is -1.02. The third-order valence-corrected chi connectivity index (χ3v) is 2.11. The van der Waals surface area contributed by atoms with Crippen LogP contribution in [0.1, 0.15) is 13.3 Å². The van der Waals surface area contributed by atoms with Crippen molar-refractivity contribution < 1.29 is 19.4 Å². The Labute approximate surface area is 99.4 Å². The number of ether oxygens (including phenoxy) is 2. The molecule has 0 saturated heterocycles. The maximum absolute atomic E-state index is 10.9. The second kappa shape index (κ2) is 9.21. The van der Waals surface area contributed by atoms with Gasteiger partial charge in [-0.15, -0.1) is 23.2 Å². The smallest absolute Gasteiger partial charge is 0.311 e. The van der Waals surface area contributed by atoms with Gasteiger partial charge in [0.25, 0.3) is 0 Å². The Morgan fingerprint density at radius 1 is 1.27 bits per heavy atom. The van der Waals surface area contributed by atoms with Crippen LogP contribution in [0.25, 0.3) is 0 Å². The Morgan fingerprint density at radius 3 is 2.00 bits per heavy atom. The molecule has 0 aliphatic heterocycles. The summed E-state index contributed by atoms with van der Waals surface area (Å²) in [6.07, 6.45) is -0.338. The highest BCUT2D eigenvalue weighted by Gasteiger charge is 2.27. The molecule has 0 rings (SSSR count). The maximum atomic E-state index is 10.9. The average Bonchev–Trinajstić information content (AvgIpc) is 2.21. The van der Waals surface area contributed by atoms with Crippen molar-refractivity contribution in [2.75, 3.05) is 25.0 Å². The van der Waals surface area contributed by atoms with E-state index in [0.717, 1.165) is 0 Å². The normalized spacial score (nSPS) is 13.1. The first-order valence-electron chi connectivity index (χ1n) is 4.75. The number of hydrogen-bond donors (Lipinski definition) is 1. The Balaban J connectivity index is 4.22. The number of carboxylic acid groups (broad SMARTS) is 1. The molecule has 1 unspecified atom stereocenters. The number of carboxylic acids is 1. The molecule has 0 aliphatic rings. The van der Waals surface area contributed by atoms with Crippen LogP contribution < -0.4 is 0 Å². The van der Waals surface area contributed by atoms with E-state index < -0.39 is 18.2 Å². The average molecular weight is 259 g/mol. The maximum Gasteiger partial charge on any atom is 0.311 e. The van der Waals surface area contributed by atoms with Crippen molar-refractivity contribution in [1.29, 1.82) is 0 Å². The molecule has 0 spiro atoms. The standard InChI is InChI=1S/C9H16Cl2O4/c1-2-7(8(12)13)9(14-5-3-10)15-6-4-11/h7,9H,2-6H2,1H3,(H,12,13). The van der Waals surface area contributed by atoms with Crippen molar-refractivity contribution in [3.8, 4) is 0 Å². The lowest BCUT2D eigenvalue weighted by Gasteiger charge is -2.22. The Hall–Kier alpha value is -0.0300. The highest BCUT2D eigenvalue weighted by molar-refractivity contribution is 6.18. The monoisotopic (exact) mass is 258 g/mol. The van der Waals surface area contributed by atoms with Crippen molar-refractivity contribution in [2.45, 2.75) is 19.6 Å². The lowest BCUT2D eigenvalue weighted by atomic mass is 10.1. The second-order valence-corrected chi connectivity index (χ2v) is 3.60. The highest BCUT2D eigenvalue weighted by Crippen LogP contribution is 2.14. The predicted octanol–water partition coefficient (Wildman–Crippen LogP) is 1.93. The van der Waals surface area contributed by atoms with Gasteiger partial charge >= 0.3 is 5.97 Å². The van der Waals surface area contributed by atoms with Crippen molar-refractivity contribution in [3.05, 3.63) is 0 Å². The third kappa shape index (κ3) is 6.20. The lowest BCUT2D eigenvalue weighted by Crippen LogP contribution is -2.33. The minimum atomic E-state index is -0.938. The fourth-order valence-electron chi connectivity index (χ4n) is 1.09. The summed E-state index contributed by atoms with van der Waals surface area (Å²) >= 11 is 10.9. The molecule has 1 N–H and O–H groups in total. The summed E-state index contributed by atoms with van der Waals surface area (Å²) in [4.78, 5) is 10.9. The largest absolute Gasteiger partial charge is 0.481 e. The minimum absolute atomic E-state index is 0.262. The molecule has 0 aromatic rings. The van der Waals surface area contributed by atoms with Crippen LogP contribution in [0.5, 0.6) is 0 Å². The van der Waals surface area contributed by atoms with Gasteiger partial charge in [0.15, 0.2) is 6.29 Å². The van der Waals surface area contributed by atoms with Crippen LogP contribution in [0.15, 0.2) is 0 Å². The molecule has 0 bridgehead atoms. The van der Waals surface area contributed by atoms with Gasteiger partial charge in [0, 0.05) is 11.8 Å². The van der Waals surface area contributed by atoms with E-state index in [9.17, 15) is 4.79 Å². The van der Waals surface area contributed by atoms with E-state index in [-0.39, 0.29) is 13.2 Å². The summed E-state index contributed by atoms with van der Waals surface area (Å²) in [7, 11) is 0. The van der Waals surface area contributed by atoms with Crippen LogP contribution >= 0.6 is 23.2 Å². The van der Waals surface area contributed by atoms with Gasteiger partial charge in [-0.25, -0.2) is 0 Å². The number of hydrogen-bond acceptors (Lipinski definition) is 3. The van der Waals surface area contributed by atoms with Gasteiger partial charge < -0.3 is 14.6 Å². The van der Waals surface area contributed by atoms with Crippen molar-refractivity contribution in [2.24, 2.45) is 5.92 Å². The van der Waals surface area contributed by atoms with Gasteiger partial charge in [0.05, 0.1) is 13.2 Å². The van der Waals surface area contributed by atoms with Gasteiger partial charge in [-0.3, -0.25) is 4.79 Å². The van der Waals surface area contributed by atoms with Gasteiger partial charge in [-0.1, -0.05) is 6.92 Å². The topological polar surface area (TPSA) is 55.8 Å². The Bertz CT molecular complexity index is 169. The van der Waals surface area contributed by atoms with E-state index in [4.69, 9.17) is 37.8 Å². The molecular weight excluding hydrogens is 243 g/mol. The summed E-state index contributed by atoms with van der Waals surface area (Å²) in [6.45, 7) is 2.29. The molecule has 15 heavy (non-hydrogen) atoms. The molecule has 0 amide bonds. The molecule has 0 fully saturated rings. The summed E-state index contributed by atoms with van der Waals surface area (Å²) in [5.41, 5.74) is 0. The Kier molecular flexibility index (Phi) is 9.20. The molecular formula is C9H16Cl2O4. The summed E-state index contributed by atoms with van der Waals surface area (Å²) in [5, 5.41) is 8.92. The molecule has 0 aromatic carbocycles. The first-order valence-corrected chi connectivity index (χ1v) is 5.82. The fourth-order valence-corrected chi connectivity index (χ4v) is 1.26. The first kappa shape index (κ1) is 15.0. The van der Waals surface area contributed by atoms with Crippen LogP contribution in [0.4, 0.5) is 0 Å². The van der Waals surface area contributed by atoms with E-state index in [2.05, 4.69) is 0 Å². The van der Waals surface area contributed by atoms with E-state index in [0.29, 0.717) is 18.2 Å². The van der Waals surface area contributed by atoms with E-state index in [1.165, 1.54) is 0 Å². The molecule has 90 valence electrons. The van der Waals surface area contributed by atoms with Crippen molar-refractivity contribution in [3.63, 3.8) is 0 Å². The zero-order chi connectivity index (χ0) is 11.7. The molecule has 0 saturated carbocycles. The molecule has 6 heteroatoms. The molecule has 1 atom stereocenters. The molecule has 0 aliphatic carbocycles. The lowest BCUT2D eigenvalue weighted by molar-refractivity contribution is -0.185. The molecule has 4 nitrogen and oxygen atoms in total. The molecule has 0 radical (unpaired) electrons. The zero-order valence-electron chi connectivity index (χ0n) is 8.62. The second-order valence-electron chi connectivity index (χ2n) is 2.84. The molecule has 0 aromatic heterocycles. The summed E-state index contributed by atoms with van der Waals surface area (Å²) < 4.78 is 10.4. The predicted molar refractivity (Wildman–Crippen MR) is 58.5 cm³/mol. The fraction of sp³-hybridized carbons (Fsp3) is 0.889. The first-order chi connectivity index (χ1) is 7.17. The van der Waals surface area contributed by atoms with Gasteiger partial charge in [-0.05, 0) is 6.42 Å². The number of carbonyl (C=O) groups is 1. The Morgan fingerprint density at radius 2 is 1.73 bits per heavy atom. The number of halogens is 2. The summed E-state index contributed by atoms with van der Waals surface area (Å²) in [6, 6.07) is 0. The van der Waals surface area contributed by atoms with Gasteiger partial charge in [0.1, 0.15) is 5.92 Å². The SMILES string of the molecule is CCC(C(=O)O)C(OCCCl)OCCCl. The van der Waals surface area contributed by atoms with Crippen molar-refractivity contribution in [1.82, 2.24) is 0 Å². The van der Waals surface area contributed by atoms with Crippen LogP contribution in [0, 0.1) is 5.92 Å². The van der Waals surface area contributed by atoms with Crippen LogP contribution in [-0.4, -0.2) is 42.3 Å². The van der Waals surface area contributed by atoms with Gasteiger partial charge in [0.2, 0.25) is 0 Å². The molecule has 0 heterocycles. The number of rotatable bonds is 9. The van der Waals surface area contributed by atoms with Crippen molar-refractivity contribution >= 4 is 29.2 Å². The zero-order valence-corrected chi connectivity index (χ0v) is 10.1. The van der Waals surface area contributed by atoms with E-state index >= 15 is 0 Å². The van der Waals surface area contributed by atoms with Crippen LogP contribution in [0.2, 0.25) is 0 Å². The third-order valence-electron chi connectivity index (χ3n) is 1.80. The van der Waals surface area contributed by atoms with E-state index in [1.807, 2.05) is 0 Å². The number of aliphatic carboxylic acids is 1. The van der Waals surface area contributed by atoms with Gasteiger partial charge in [-0.2, -0.15) is 0 Å². The van der Waals surface area contributed by atoms with Crippen LogP contribution in [-0.2, 0) is 14.3 Å². The highest BCUT2D eigenvalue weighted by atomic mass is 35.5. The number of alkyl halides is 2. The quantitative estimate of drug-likeness (QED) is 0.507. The minimum Gasteiger partial charge on any atom is -0.481 e. The van der Waals surface area contributed by atoms with Crippen LogP contribution in [0.3, 0.4) is 0 Å².